The van der Waals surface area contributed by atoms with Crippen LogP contribution in [0.1, 0.15) is 49.7 Å². The maximum Gasteiger partial charge on any atom is 0.407 e. The minimum atomic E-state index is -1.61. The maximum absolute atomic E-state index is 15.9. The standard InChI is InChI=1S/C34H41F4N5O2/c1-45-32(44)40-30-8-3-7-27(30)34(22-41-11-4-12-41,25-5-2-6-26(35)17-25)24-9-13-42(14-10-24)19-33(38)20-43(21-33)31-28(36)15-23(18-39)16-29(31)37/h2,5-6,15-17,24,27,30H,3-4,7-14,19-22H2,1H3,(H,40,44)/t27-,30-,34?/m0/s1. The van der Waals surface area contributed by atoms with Crippen LogP contribution in [0.25, 0.3) is 0 Å². The predicted octanol–water partition coefficient (Wildman–Crippen LogP) is 5.38. The number of piperidine rings is 1. The van der Waals surface area contributed by atoms with Crippen LogP contribution in [0.2, 0.25) is 0 Å². The van der Waals surface area contributed by atoms with Crippen LogP contribution in [0.5, 0.6) is 0 Å². The Bertz CT molecular complexity index is 1410. The Morgan fingerprint density at radius 2 is 1.73 bits per heavy atom. The maximum atomic E-state index is 15.9. The SMILES string of the molecule is COC(=O)N[C@H]1CCC[C@@H]1C(CN1CCC1)(c1cccc(F)c1)C1CCN(CC2(F)CN(c3c(F)cc(C#N)cc3F)C2)CC1. The van der Waals surface area contributed by atoms with Crippen LogP contribution in [0.4, 0.5) is 28.0 Å². The van der Waals surface area contributed by atoms with Gasteiger partial charge in [0, 0.05) is 24.5 Å². The van der Waals surface area contributed by atoms with Gasteiger partial charge in [0.25, 0.3) is 0 Å². The minimum absolute atomic E-state index is 0.0838. The van der Waals surface area contributed by atoms with Crippen LogP contribution in [0, 0.1) is 40.6 Å². The summed E-state index contributed by atoms with van der Waals surface area (Å²) in [7, 11) is 1.37. The number of likely N-dealkylation sites (tertiary alicyclic amines) is 2. The number of nitrogens with one attached hydrogen (secondary N) is 1. The van der Waals surface area contributed by atoms with Crippen molar-refractivity contribution in [1.29, 1.82) is 5.26 Å². The molecule has 4 aliphatic rings. The molecule has 6 rings (SSSR count). The molecule has 0 radical (unpaired) electrons. The number of rotatable bonds is 9. The number of nitrogens with zero attached hydrogens (tertiary/aromatic N) is 4. The number of hydrogen-bond acceptors (Lipinski definition) is 6. The monoisotopic (exact) mass is 627 g/mol. The molecular formula is C34H41F4N5O2. The van der Waals surface area contributed by atoms with Crippen molar-refractivity contribution in [2.24, 2.45) is 11.8 Å². The Hall–Kier alpha value is -3.36. The van der Waals surface area contributed by atoms with Crippen LogP contribution < -0.4 is 10.2 Å². The fourth-order valence-electron chi connectivity index (χ4n) is 8.57. The van der Waals surface area contributed by atoms with Crippen molar-refractivity contribution in [2.45, 2.75) is 55.7 Å². The summed E-state index contributed by atoms with van der Waals surface area (Å²) in [6, 6.07) is 10.5. The quantitative estimate of drug-likeness (QED) is 0.377. The summed E-state index contributed by atoms with van der Waals surface area (Å²) in [5.74, 6) is -1.75. The summed E-state index contributed by atoms with van der Waals surface area (Å²) in [4.78, 5) is 18.3. The highest BCUT2D eigenvalue weighted by molar-refractivity contribution is 5.67. The Labute approximate surface area is 262 Å². The molecule has 2 aromatic carbocycles. The number of methoxy groups -OCH3 is 1. The number of nitriles is 1. The second kappa shape index (κ2) is 12.8. The smallest absolute Gasteiger partial charge is 0.407 e. The first kappa shape index (κ1) is 31.6. The van der Waals surface area contributed by atoms with Crippen LogP contribution in [-0.4, -0.2) is 87.1 Å². The number of anilines is 1. The van der Waals surface area contributed by atoms with E-state index in [1.165, 1.54) is 18.1 Å². The van der Waals surface area contributed by atoms with E-state index in [2.05, 4.69) is 15.1 Å². The second-order valence-electron chi connectivity index (χ2n) is 13.4. The van der Waals surface area contributed by atoms with E-state index >= 15 is 4.39 Å². The van der Waals surface area contributed by atoms with E-state index in [1.807, 2.05) is 6.07 Å². The fourth-order valence-corrected chi connectivity index (χ4v) is 8.57. The number of hydrogen-bond donors (Lipinski definition) is 1. The summed E-state index contributed by atoms with van der Waals surface area (Å²) >= 11 is 0. The molecule has 3 aliphatic heterocycles. The normalized spacial score (nSPS) is 25.1. The molecule has 3 saturated heterocycles. The summed E-state index contributed by atoms with van der Waals surface area (Å²) in [5.41, 5.74) is -1.48. The molecule has 11 heteroatoms. The zero-order valence-electron chi connectivity index (χ0n) is 25.7. The highest BCUT2D eigenvalue weighted by Gasteiger charge is 2.54. The molecule has 0 aromatic heterocycles. The first-order chi connectivity index (χ1) is 21.6. The van der Waals surface area contributed by atoms with Crippen LogP contribution in [0.3, 0.4) is 0 Å². The number of carbonyl (C=O) groups excluding carboxylic acids is 1. The van der Waals surface area contributed by atoms with Crippen molar-refractivity contribution in [3.05, 3.63) is 65.0 Å². The average Bonchev–Trinajstić information content (AvgIpc) is 3.44. The van der Waals surface area contributed by atoms with Crippen LogP contribution in [-0.2, 0) is 10.2 Å². The molecule has 0 spiro atoms. The molecule has 0 bridgehead atoms. The number of alkyl carbamates (subject to hydrolysis) is 1. The molecule has 7 nitrogen and oxygen atoms in total. The van der Waals surface area contributed by atoms with Gasteiger partial charge in [-0.15, -0.1) is 0 Å². The number of amides is 1. The molecule has 3 atom stereocenters. The van der Waals surface area contributed by atoms with Gasteiger partial charge in [-0.25, -0.2) is 22.4 Å². The Balaban J connectivity index is 1.20. The van der Waals surface area contributed by atoms with E-state index in [1.54, 1.807) is 18.2 Å². The van der Waals surface area contributed by atoms with Gasteiger partial charge in [0.1, 0.15) is 11.5 Å². The van der Waals surface area contributed by atoms with Crippen LogP contribution in [0.15, 0.2) is 36.4 Å². The molecule has 1 unspecified atom stereocenters. The third kappa shape index (κ3) is 6.24. The van der Waals surface area contributed by atoms with Crippen molar-refractivity contribution < 1.29 is 27.1 Å². The van der Waals surface area contributed by atoms with Gasteiger partial charge in [-0.3, -0.25) is 4.90 Å². The van der Waals surface area contributed by atoms with Gasteiger partial charge in [0.2, 0.25) is 0 Å². The van der Waals surface area contributed by atoms with Crippen molar-refractivity contribution >= 4 is 11.8 Å². The Morgan fingerprint density at radius 3 is 2.33 bits per heavy atom. The Morgan fingerprint density at radius 1 is 1.02 bits per heavy atom. The van der Waals surface area contributed by atoms with E-state index in [4.69, 9.17) is 10.00 Å². The van der Waals surface area contributed by atoms with Gasteiger partial charge in [-0.1, -0.05) is 18.6 Å². The van der Waals surface area contributed by atoms with Crippen molar-refractivity contribution in [3.63, 3.8) is 0 Å². The zero-order chi connectivity index (χ0) is 31.8. The molecular weight excluding hydrogens is 586 g/mol. The second-order valence-corrected chi connectivity index (χ2v) is 13.4. The third-order valence-electron chi connectivity index (χ3n) is 10.7. The van der Waals surface area contributed by atoms with Crippen molar-refractivity contribution in [1.82, 2.24) is 15.1 Å². The first-order valence-corrected chi connectivity index (χ1v) is 16.0. The predicted molar refractivity (Wildman–Crippen MR) is 162 cm³/mol. The van der Waals surface area contributed by atoms with Crippen molar-refractivity contribution in [3.8, 4) is 6.07 Å². The summed E-state index contributed by atoms with van der Waals surface area (Å²) < 4.78 is 64.8. The lowest BCUT2D eigenvalue weighted by Gasteiger charge is -2.54. The topological polar surface area (TPSA) is 71.8 Å². The lowest BCUT2D eigenvalue weighted by molar-refractivity contribution is 0.00566. The molecule has 1 saturated carbocycles. The van der Waals surface area contributed by atoms with Crippen molar-refractivity contribution in [2.75, 3.05) is 64.4 Å². The van der Waals surface area contributed by atoms with Gasteiger partial charge in [0.05, 0.1) is 31.8 Å². The van der Waals surface area contributed by atoms with Gasteiger partial charge >= 0.3 is 6.09 Å². The molecule has 4 fully saturated rings. The first-order valence-electron chi connectivity index (χ1n) is 16.0. The fraction of sp³-hybridized carbons (Fsp3) is 0.588. The largest absolute Gasteiger partial charge is 0.453 e. The lowest BCUT2D eigenvalue weighted by atomic mass is 9.57. The Kier molecular flexibility index (Phi) is 8.99. The molecule has 1 aliphatic carbocycles. The summed E-state index contributed by atoms with van der Waals surface area (Å²) in [6.07, 6.45) is 4.92. The minimum Gasteiger partial charge on any atom is -0.453 e. The van der Waals surface area contributed by atoms with Crippen LogP contribution >= 0.6 is 0 Å². The zero-order valence-corrected chi connectivity index (χ0v) is 25.7. The van der Waals surface area contributed by atoms with Gasteiger partial charge < -0.3 is 19.9 Å². The summed E-state index contributed by atoms with van der Waals surface area (Å²) in [6.45, 7) is 3.94. The molecule has 242 valence electrons. The number of ether oxygens (including phenoxy) is 1. The van der Waals surface area contributed by atoms with E-state index in [-0.39, 0.29) is 54.6 Å². The van der Waals surface area contributed by atoms with Gasteiger partial charge in [-0.2, -0.15) is 5.26 Å². The molecule has 45 heavy (non-hydrogen) atoms. The molecule has 1 amide bonds. The van der Waals surface area contributed by atoms with Gasteiger partial charge in [-0.05, 0) is 99.9 Å². The van der Waals surface area contributed by atoms with Gasteiger partial charge in [0.15, 0.2) is 17.3 Å². The average molecular weight is 628 g/mol. The number of benzene rings is 2. The molecule has 1 N–H and O–H groups in total. The summed E-state index contributed by atoms with van der Waals surface area (Å²) in [5, 5.41) is 12.1. The van der Waals surface area contributed by atoms with E-state index in [9.17, 15) is 18.0 Å². The number of carbonyl (C=O) groups is 1. The molecule has 2 aromatic rings. The van der Waals surface area contributed by atoms with E-state index in [0.29, 0.717) is 13.1 Å². The third-order valence-corrected chi connectivity index (χ3v) is 10.7. The molecule has 3 heterocycles. The number of alkyl halides is 1. The number of halogens is 4. The highest BCUT2D eigenvalue weighted by atomic mass is 19.1. The van der Waals surface area contributed by atoms with E-state index < -0.39 is 28.8 Å². The lowest BCUT2D eigenvalue weighted by Crippen LogP contribution is -2.65. The van der Waals surface area contributed by atoms with E-state index in [0.717, 1.165) is 75.9 Å². The highest BCUT2D eigenvalue weighted by Crippen LogP contribution is 2.51.